The van der Waals surface area contributed by atoms with E-state index in [-0.39, 0.29) is 11.8 Å². The molecule has 2 aromatic carbocycles. The predicted molar refractivity (Wildman–Crippen MR) is 94.8 cm³/mol. The van der Waals surface area contributed by atoms with Gasteiger partial charge in [0, 0.05) is 23.9 Å². The molecule has 2 aromatic rings. The van der Waals surface area contributed by atoms with Crippen molar-refractivity contribution in [3.05, 3.63) is 77.4 Å². The first kappa shape index (κ1) is 17.8. The monoisotopic (exact) mass is 356 g/mol. The summed E-state index contributed by atoms with van der Waals surface area (Å²) in [6.07, 6.45) is 1.46. The van der Waals surface area contributed by atoms with Crippen molar-refractivity contribution in [2.24, 2.45) is 0 Å². The van der Waals surface area contributed by atoms with E-state index in [1.807, 2.05) is 0 Å². The fourth-order valence-corrected chi connectivity index (χ4v) is 3.22. The van der Waals surface area contributed by atoms with E-state index in [9.17, 15) is 18.4 Å². The molecule has 3 rings (SSSR count). The van der Waals surface area contributed by atoms with Crippen molar-refractivity contribution < 1.29 is 18.4 Å². The first-order valence-electron chi connectivity index (χ1n) is 8.23. The number of nitrogens with one attached hydrogen (secondary N) is 1. The van der Waals surface area contributed by atoms with Gasteiger partial charge in [-0.1, -0.05) is 12.6 Å². The minimum absolute atomic E-state index is 0.262. The van der Waals surface area contributed by atoms with E-state index >= 15 is 0 Å². The van der Waals surface area contributed by atoms with E-state index in [0.717, 1.165) is 12.1 Å². The molecule has 4 nitrogen and oxygen atoms in total. The Labute approximate surface area is 150 Å². The second-order valence-corrected chi connectivity index (χ2v) is 6.15. The van der Waals surface area contributed by atoms with E-state index in [1.165, 1.54) is 6.07 Å². The maximum Gasteiger partial charge on any atom is 0.254 e. The number of nitrogens with zero attached hydrogens (tertiary/aromatic N) is 1. The molecule has 0 radical (unpaired) electrons. The molecule has 6 heteroatoms. The molecule has 1 unspecified atom stereocenters. The number of fused-ring (bicyclic) bond motifs is 1. The molecular weight excluding hydrogens is 338 g/mol. The van der Waals surface area contributed by atoms with Gasteiger partial charge in [-0.3, -0.25) is 9.59 Å². The van der Waals surface area contributed by atoms with Gasteiger partial charge in [-0.15, -0.1) is 0 Å². The topological polar surface area (TPSA) is 49.4 Å². The van der Waals surface area contributed by atoms with Crippen molar-refractivity contribution in [3.8, 4) is 0 Å². The molecule has 0 spiro atoms. The molecule has 1 aliphatic heterocycles. The van der Waals surface area contributed by atoms with Gasteiger partial charge in [0.1, 0.15) is 11.6 Å². The smallest absolute Gasteiger partial charge is 0.254 e. The van der Waals surface area contributed by atoms with Gasteiger partial charge in [0.25, 0.3) is 5.91 Å². The first-order chi connectivity index (χ1) is 12.4. The Bertz CT molecular complexity index is 895. The Kier molecular flexibility index (Phi) is 4.84. The van der Waals surface area contributed by atoms with Crippen molar-refractivity contribution in [1.82, 2.24) is 4.90 Å². The maximum absolute atomic E-state index is 14.0. The maximum atomic E-state index is 14.0. The number of hydrogen-bond donors (Lipinski definition) is 1. The largest absolute Gasteiger partial charge is 0.332 e. The zero-order valence-electron chi connectivity index (χ0n) is 14.3. The van der Waals surface area contributed by atoms with E-state index < -0.39 is 17.7 Å². The summed E-state index contributed by atoms with van der Waals surface area (Å²) in [5, 5.41) is 2.60. The lowest BCUT2D eigenvalue weighted by atomic mass is 9.92. The second kappa shape index (κ2) is 7.07. The average Bonchev–Trinajstić information content (AvgIpc) is 2.62. The summed E-state index contributed by atoms with van der Waals surface area (Å²) in [7, 11) is 0. The summed E-state index contributed by atoms with van der Waals surface area (Å²) >= 11 is 0. The van der Waals surface area contributed by atoms with Crippen molar-refractivity contribution in [3.63, 3.8) is 0 Å². The van der Waals surface area contributed by atoms with Crippen molar-refractivity contribution in [1.29, 1.82) is 0 Å². The molecule has 26 heavy (non-hydrogen) atoms. The molecule has 2 amide bonds. The quantitative estimate of drug-likeness (QED) is 0.850. The van der Waals surface area contributed by atoms with Gasteiger partial charge in [-0.25, -0.2) is 8.78 Å². The number of carbonyl (C=O) groups excluding carboxylic acids is 2. The van der Waals surface area contributed by atoms with Crippen molar-refractivity contribution >= 4 is 17.5 Å². The zero-order valence-corrected chi connectivity index (χ0v) is 14.3. The van der Waals surface area contributed by atoms with Gasteiger partial charge >= 0.3 is 0 Å². The average molecular weight is 356 g/mol. The molecule has 1 atom stereocenters. The number of anilines is 1. The number of benzene rings is 2. The molecular formula is C20H18F2N2O2. The van der Waals surface area contributed by atoms with E-state index in [0.29, 0.717) is 35.3 Å². The minimum atomic E-state index is -0.656. The van der Waals surface area contributed by atoms with Crippen LogP contribution in [-0.4, -0.2) is 23.3 Å². The highest BCUT2D eigenvalue weighted by Gasteiger charge is 2.30. The van der Waals surface area contributed by atoms with Crippen LogP contribution in [0, 0.1) is 11.6 Å². The van der Waals surface area contributed by atoms with Crippen LogP contribution in [0.15, 0.2) is 49.1 Å². The normalized spacial score (nSPS) is 16.0. The molecule has 0 aliphatic carbocycles. The molecule has 1 N–H and O–H groups in total. The molecule has 0 fully saturated rings. The van der Waals surface area contributed by atoms with Gasteiger partial charge in [0.2, 0.25) is 5.91 Å². The van der Waals surface area contributed by atoms with Crippen molar-refractivity contribution in [2.45, 2.75) is 19.4 Å². The third kappa shape index (κ3) is 3.35. The lowest BCUT2D eigenvalue weighted by Crippen LogP contribution is -2.39. The standard InChI is InChI=1S/C20H18F2N2O2/c1-3-19(25)23-15-6-4-5-13(9-15)20(26)24-8-7-16-17(12(24)2)10-14(21)11-18(16)22/h3-6,9-12H,1,7-8H2,2H3,(H,23,25). The van der Waals surface area contributed by atoms with Crippen molar-refractivity contribution in [2.75, 3.05) is 11.9 Å². The number of hydrogen-bond acceptors (Lipinski definition) is 2. The Balaban J connectivity index is 1.88. The summed E-state index contributed by atoms with van der Waals surface area (Å²) in [6.45, 7) is 5.47. The first-order valence-corrected chi connectivity index (χ1v) is 8.23. The highest BCUT2D eigenvalue weighted by Crippen LogP contribution is 2.33. The van der Waals surface area contributed by atoms with E-state index in [2.05, 4.69) is 11.9 Å². The van der Waals surface area contributed by atoms with Crippen LogP contribution >= 0.6 is 0 Å². The number of rotatable bonds is 3. The highest BCUT2D eigenvalue weighted by molar-refractivity contribution is 6.01. The summed E-state index contributed by atoms with van der Waals surface area (Å²) < 4.78 is 27.6. The Morgan fingerprint density at radius 1 is 1.27 bits per heavy atom. The van der Waals surface area contributed by atoms with Crippen LogP contribution in [0.2, 0.25) is 0 Å². The fourth-order valence-electron chi connectivity index (χ4n) is 3.22. The fraction of sp³-hybridized carbons (Fsp3) is 0.200. The van der Waals surface area contributed by atoms with Crippen LogP contribution in [0.1, 0.15) is 34.5 Å². The van der Waals surface area contributed by atoms with Gasteiger partial charge in [-0.05, 0) is 54.8 Å². The zero-order chi connectivity index (χ0) is 18.8. The van der Waals surface area contributed by atoms with Crippen LogP contribution in [0.3, 0.4) is 0 Å². The third-order valence-corrected chi connectivity index (χ3v) is 4.54. The Hall–Kier alpha value is -3.02. The second-order valence-electron chi connectivity index (χ2n) is 6.15. The van der Waals surface area contributed by atoms with E-state index in [1.54, 1.807) is 36.1 Å². The molecule has 1 aliphatic rings. The number of amides is 2. The van der Waals surface area contributed by atoms with E-state index in [4.69, 9.17) is 0 Å². The number of halogens is 2. The SMILES string of the molecule is C=CC(=O)Nc1cccc(C(=O)N2CCc3c(F)cc(F)cc3C2C)c1. The molecule has 0 bridgehead atoms. The van der Waals surface area contributed by atoms with Crippen LogP contribution in [0.25, 0.3) is 0 Å². The van der Waals surface area contributed by atoms with Gasteiger partial charge < -0.3 is 10.2 Å². The summed E-state index contributed by atoms with van der Waals surface area (Å²) in [5.41, 5.74) is 1.80. The molecule has 0 saturated heterocycles. The summed E-state index contributed by atoms with van der Waals surface area (Å²) in [4.78, 5) is 25.9. The van der Waals surface area contributed by atoms with Gasteiger partial charge in [0.05, 0.1) is 6.04 Å². The molecule has 0 aromatic heterocycles. The summed E-state index contributed by atoms with van der Waals surface area (Å²) in [6, 6.07) is 8.23. The Morgan fingerprint density at radius 3 is 2.77 bits per heavy atom. The number of carbonyl (C=O) groups is 2. The predicted octanol–water partition coefficient (Wildman–Crippen LogP) is 3.85. The van der Waals surface area contributed by atoms with Crippen LogP contribution < -0.4 is 5.32 Å². The third-order valence-electron chi connectivity index (χ3n) is 4.54. The van der Waals surface area contributed by atoms with Gasteiger partial charge in [-0.2, -0.15) is 0 Å². The van der Waals surface area contributed by atoms with Gasteiger partial charge in [0.15, 0.2) is 0 Å². The molecule has 134 valence electrons. The highest BCUT2D eigenvalue weighted by atomic mass is 19.1. The van der Waals surface area contributed by atoms with Crippen LogP contribution in [0.5, 0.6) is 0 Å². The minimum Gasteiger partial charge on any atom is -0.332 e. The Morgan fingerprint density at radius 2 is 2.04 bits per heavy atom. The lowest BCUT2D eigenvalue weighted by molar-refractivity contribution is -0.111. The lowest BCUT2D eigenvalue weighted by Gasteiger charge is -2.35. The summed E-state index contributed by atoms with van der Waals surface area (Å²) in [5.74, 6) is -1.87. The molecule has 0 saturated carbocycles. The van der Waals surface area contributed by atoms with Crippen LogP contribution in [0.4, 0.5) is 14.5 Å². The molecule has 1 heterocycles. The van der Waals surface area contributed by atoms with Crippen LogP contribution in [-0.2, 0) is 11.2 Å².